The Kier molecular flexibility index (Phi) is 6.81. The van der Waals surface area contributed by atoms with Crippen molar-refractivity contribution < 1.29 is 19.6 Å². The van der Waals surface area contributed by atoms with Crippen molar-refractivity contribution >= 4 is 34.6 Å². The number of amides is 1. The Balaban J connectivity index is 2.04. The minimum atomic E-state index is -1.10. The monoisotopic (exact) mass is 438 g/mol. The Labute approximate surface area is 183 Å². The lowest BCUT2D eigenvalue weighted by Crippen LogP contribution is -2.32. The van der Waals surface area contributed by atoms with Crippen molar-refractivity contribution in [2.75, 3.05) is 4.90 Å². The van der Waals surface area contributed by atoms with E-state index in [-0.39, 0.29) is 35.4 Å². The van der Waals surface area contributed by atoms with Crippen LogP contribution in [-0.4, -0.2) is 21.9 Å². The molecule has 0 bridgehead atoms. The fraction of sp³-hybridized carbons (Fsp3) is 0.217. The summed E-state index contributed by atoms with van der Waals surface area (Å²) in [6.07, 6.45) is 0.253. The van der Waals surface area contributed by atoms with Gasteiger partial charge < -0.3 is 10.0 Å². The number of benzene rings is 2. The zero-order valence-corrected chi connectivity index (χ0v) is 18.0. The first kappa shape index (κ1) is 22.2. The molecule has 1 heterocycles. The van der Waals surface area contributed by atoms with Gasteiger partial charge in [0.05, 0.1) is 17.2 Å². The highest BCUT2D eigenvalue weighted by Gasteiger charge is 2.26. The number of nitro benzene ring substituents is 1. The Morgan fingerprint density at radius 3 is 2.29 bits per heavy atom. The molecule has 160 valence electrons. The summed E-state index contributed by atoms with van der Waals surface area (Å²) in [6, 6.07) is 17.0. The lowest BCUT2D eigenvalue weighted by Gasteiger charge is -2.23. The molecule has 0 fully saturated rings. The lowest BCUT2D eigenvalue weighted by molar-refractivity contribution is -0.384. The Morgan fingerprint density at radius 1 is 1.10 bits per heavy atom. The van der Waals surface area contributed by atoms with Gasteiger partial charge in [0.1, 0.15) is 4.88 Å². The number of non-ortho nitro benzene ring substituents is 1. The molecule has 0 radical (unpaired) electrons. The molecule has 0 aliphatic rings. The SMILES string of the molecule is CC(C)CC(=O)N(Cc1ccc([N+](=O)[O-])cc1)c1cc(-c2ccccc2)sc1C(=O)O. The van der Waals surface area contributed by atoms with Gasteiger partial charge in [-0.15, -0.1) is 11.3 Å². The third kappa shape index (κ3) is 5.35. The van der Waals surface area contributed by atoms with Gasteiger partial charge in [0.25, 0.3) is 5.69 Å². The molecule has 3 rings (SSSR count). The van der Waals surface area contributed by atoms with Crippen LogP contribution in [0.25, 0.3) is 10.4 Å². The van der Waals surface area contributed by atoms with Crippen LogP contribution in [0.4, 0.5) is 11.4 Å². The minimum Gasteiger partial charge on any atom is -0.477 e. The van der Waals surface area contributed by atoms with E-state index < -0.39 is 10.9 Å². The van der Waals surface area contributed by atoms with Crippen molar-refractivity contribution in [3.8, 4) is 10.4 Å². The summed E-state index contributed by atoms with van der Waals surface area (Å²) in [7, 11) is 0. The third-order valence-corrected chi connectivity index (χ3v) is 5.79. The maximum Gasteiger partial charge on any atom is 0.348 e. The molecule has 0 saturated carbocycles. The van der Waals surface area contributed by atoms with E-state index in [1.165, 1.54) is 17.0 Å². The first-order chi connectivity index (χ1) is 14.8. The highest BCUT2D eigenvalue weighted by Crippen LogP contribution is 2.38. The van der Waals surface area contributed by atoms with E-state index in [4.69, 9.17) is 0 Å². The fourth-order valence-corrected chi connectivity index (χ4v) is 4.16. The van der Waals surface area contributed by atoms with Crippen LogP contribution in [0.2, 0.25) is 0 Å². The van der Waals surface area contributed by atoms with Crippen LogP contribution in [-0.2, 0) is 11.3 Å². The molecule has 0 atom stereocenters. The van der Waals surface area contributed by atoms with Crippen molar-refractivity contribution in [3.63, 3.8) is 0 Å². The first-order valence-corrected chi connectivity index (χ1v) is 10.5. The second-order valence-electron chi connectivity index (χ2n) is 7.50. The maximum absolute atomic E-state index is 13.1. The lowest BCUT2D eigenvalue weighted by atomic mass is 10.1. The molecule has 3 aromatic rings. The summed E-state index contributed by atoms with van der Waals surface area (Å²) in [5.74, 6) is -1.21. The van der Waals surface area contributed by atoms with Gasteiger partial charge in [-0.05, 0) is 23.1 Å². The summed E-state index contributed by atoms with van der Waals surface area (Å²) in [5.41, 5.74) is 1.83. The number of carboxylic acids is 1. The molecule has 0 aliphatic heterocycles. The average Bonchev–Trinajstić information content (AvgIpc) is 3.18. The number of thiophene rings is 1. The predicted molar refractivity (Wildman–Crippen MR) is 120 cm³/mol. The molecule has 0 aliphatic carbocycles. The van der Waals surface area contributed by atoms with Crippen molar-refractivity contribution in [1.82, 2.24) is 0 Å². The zero-order valence-electron chi connectivity index (χ0n) is 17.1. The molecule has 0 unspecified atom stereocenters. The summed E-state index contributed by atoms with van der Waals surface area (Å²) in [4.78, 5) is 37.8. The van der Waals surface area contributed by atoms with E-state index in [0.717, 1.165) is 21.8 Å². The Hall–Kier alpha value is -3.52. The van der Waals surface area contributed by atoms with Gasteiger partial charge in [0.2, 0.25) is 5.91 Å². The molecule has 1 N–H and O–H groups in total. The van der Waals surface area contributed by atoms with Gasteiger partial charge in [0.15, 0.2) is 0 Å². The summed E-state index contributed by atoms with van der Waals surface area (Å²) in [5, 5.41) is 20.7. The predicted octanol–water partition coefficient (Wildman–Crippen LogP) is 5.60. The molecule has 7 nitrogen and oxygen atoms in total. The smallest absolute Gasteiger partial charge is 0.348 e. The summed E-state index contributed by atoms with van der Waals surface area (Å²) in [6.45, 7) is 3.96. The van der Waals surface area contributed by atoms with Crippen LogP contribution < -0.4 is 4.90 Å². The molecule has 1 aromatic heterocycles. The van der Waals surface area contributed by atoms with E-state index in [0.29, 0.717) is 11.3 Å². The minimum absolute atomic E-state index is 0.0445. The van der Waals surface area contributed by atoms with Crippen LogP contribution >= 0.6 is 11.3 Å². The Morgan fingerprint density at radius 2 is 1.74 bits per heavy atom. The van der Waals surface area contributed by atoms with Crippen molar-refractivity contribution in [1.29, 1.82) is 0 Å². The molecule has 2 aromatic carbocycles. The molecular formula is C23H22N2O5S. The second kappa shape index (κ2) is 9.53. The topological polar surface area (TPSA) is 101 Å². The molecule has 1 amide bonds. The maximum atomic E-state index is 13.1. The number of hydrogen-bond acceptors (Lipinski definition) is 5. The van der Waals surface area contributed by atoms with E-state index in [1.54, 1.807) is 18.2 Å². The van der Waals surface area contributed by atoms with Crippen LogP contribution in [0.1, 0.15) is 35.5 Å². The molecular weight excluding hydrogens is 416 g/mol. The van der Waals surface area contributed by atoms with E-state index >= 15 is 0 Å². The number of nitrogens with zero attached hydrogens (tertiary/aromatic N) is 2. The highest BCUT2D eigenvalue weighted by atomic mass is 32.1. The van der Waals surface area contributed by atoms with Gasteiger partial charge in [0, 0.05) is 23.4 Å². The van der Waals surface area contributed by atoms with Gasteiger partial charge in [-0.1, -0.05) is 56.3 Å². The van der Waals surface area contributed by atoms with E-state index in [9.17, 15) is 24.8 Å². The summed E-state index contributed by atoms with van der Waals surface area (Å²) >= 11 is 1.12. The number of anilines is 1. The quantitative estimate of drug-likeness (QED) is 0.364. The Bertz CT molecular complexity index is 1090. The van der Waals surface area contributed by atoms with Crippen molar-refractivity contribution in [2.24, 2.45) is 5.92 Å². The zero-order chi connectivity index (χ0) is 22.5. The summed E-state index contributed by atoms with van der Waals surface area (Å²) < 4.78 is 0. The largest absolute Gasteiger partial charge is 0.477 e. The van der Waals surface area contributed by atoms with Crippen LogP contribution in [0.15, 0.2) is 60.7 Å². The van der Waals surface area contributed by atoms with E-state index in [1.807, 2.05) is 44.2 Å². The van der Waals surface area contributed by atoms with Gasteiger partial charge in [-0.3, -0.25) is 14.9 Å². The number of hydrogen-bond donors (Lipinski definition) is 1. The number of carboxylic acid groups (broad SMARTS) is 1. The van der Waals surface area contributed by atoms with Gasteiger partial charge >= 0.3 is 5.97 Å². The van der Waals surface area contributed by atoms with Gasteiger partial charge in [-0.25, -0.2) is 4.79 Å². The van der Waals surface area contributed by atoms with Crippen LogP contribution in [0.5, 0.6) is 0 Å². The second-order valence-corrected chi connectivity index (χ2v) is 8.55. The highest BCUT2D eigenvalue weighted by molar-refractivity contribution is 7.18. The van der Waals surface area contributed by atoms with E-state index in [2.05, 4.69) is 0 Å². The van der Waals surface area contributed by atoms with Crippen molar-refractivity contribution in [3.05, 3.63) is 81.2 Å². The molecule has 31 heavy (non-hydrogen) atoms. The number of aromatic carboxylic acids is 1. The number of nitro groups is 1. The number of carbonyl (C=O) groups is 2. The average molecular weight is 439 g/mol. The molecule has 0 saturated heterocycles. The molecule has 0 spiro atoms. The van der Waals surface area contributed by atoms with Gasteiger partial charge in [-0.2, -0.15) is 0 Å². The normalized spacial score (nSPS) is 10.8. The fourth-order valence-electron chi connectivity index (χ4n) is 3.15. The van der Waals surface area contributed by atoms with Crippen LogP contribution in [0, 0.1) is 16.0 Å². The molecule has 8 heteroatoms. The number of rotatable bonds is 8. The standard InChI is InChI=1S/C23H22N2O5S/c1-15(2)12-21(26)24(14-16-8-10-18(11-9-16)25(29)30)19-13-20(31-22(19)23(27)28)17-6-4-3-5-7-17/h3-11,13,15H,12,14H2,1-2H3,(H,27,28). The first-order valence-electron chi connectivity index (χ1n) is 9.72. The van der Waals surface area contributed by atoms with Crippen molar-refractivity contribution in [2.45, 2.75) is 26.8 Å². The third-order valence-electron chi connectivity index (χ3n) is 4.63. The number of carbonyl (C=O) groups excluding carboxylic acids is 1. The van der Waals surface area contributed by atoms with Crippen LogP contribution in [0.3, 0.4) is 0 Å².